The molecule has 0 bridgehead atoms. The molecule has 0 heterocycles. The molecule has 0 radical (unpaired) electrons. The lowest BCUT2D eigenvalue weighted by atomic mass is 9.98. The molecule has 2 fully saturated rings. The van der Waals surface area contributed by atoms with E-state index in [2.05, 4.69) is 34.9 Å². The first kappa shape index (κ1) is 23.4. The van der Waals surface area contributed by atoms with Gasteiger partial charge in [-0.2, -0.15) is 0 Å². The van der Waals surface area contributed by atoms with Gasteiger partial charge < -0.3 is 20.5 Å². The molecule has 2 aromatic rings. The van der Waals surface area contributed by atoms with Gasteiger partial charge in [0.1, 0.15) is 6.61 Å². The fourth-order valence-electron chi connectivity index (χ4n) is 5.80. The highest BCUT2D eigenvalue weighted by Gasteiger charge is 2.37. The second kappa shape index (κ2) is 10.1. The van der Waals surface area contributed by atoms with E-state index in [9.17, 15) is 14.4 Å². The van der Waals surface area contributed by atoms with E-state index in [1.165, 1.54) is 11.1 Å². The van der Waals surface area contributed by atoms with Crippen LogP contribution in [0.25, 0.3) is 11.1 Å². The quantitative estimate of drug-likeness (QED) is 0.500. The average Bonchev–Trinajstić information content (AvgIpc) is 3.52. The van der Waals surface area contributed by atoms with Crippen molar-refractivity contribution in [1.82, 2.24) is 10.6 Å². The van der Waals surface area contributed by atoms with E-state index in [1.54, 1.807) is 0 Å². The Morgan fingerprint density at radius 2 is 1.60 bits per heavy atom. The molecule has 2 saturated carbocycles. The number of rotatable bonds is 9. The molecule has 2 aromatic carbocycles. The number of carbonyl (C=O) groups is 3. The van der Waals surface area contributed by atoms with Crippen molar-refractivity contribution in [2.24, 2.45) is 17.8 Å². The van der Waals surface area contributed by atoms with Gasteiger partial charge in [-0.3, -0.25) is 9.59 Å². The van der Waals surface area contributed by atoms with Gasteiger partial charge in [0.25, 0.3) is 0 Å². The van der Waals surface area contributed by atoms with Crippen LogP contribution in [0.5, 0.6) is 0 Å². The third-order valence-electron chi connectivity index (χ3n) is 7.76. The minimum absolute atomic E-state index is 0.00980. The first-order chi connectivity index (χ1) is 17.0. The Balaban J connectivity index is 1.15. The number of hydrogen-bond donors (Lipinski definition) is 3. The highest BCUT2D eigenvalue weighted by molar-refractivity contribution is 5.81. The number of alkyl carbamates (subject to hydrolysis) is 1. The predicted octanol–water partition coefficient (Wildman–Crippen LogP) is 4.31. The average molecular weight is 477 g/mol. The molecule has 0 spiro atoms. The molecule has 3 unspecified atom stereocenters. The molecule has 0 aromatic heterocycles. The van der Waals surface area contributed by atoms with Gasteiger partial charge >= 0.3 is 12.1 Å². The fraction of sp³-hybridized carbons (Fsp3) is 0.464. The van der Waals surface area contributed by atoms with Crippen LogP contribution in [0.15, 0.2) is 48.5 Å². The number of carboxylic acids is 1. The van der Waals surface area contributed by atoms with Crippen LogP contribution in [0.4, 0.5) is 4.79 Å². The summed E-state index contributed by atoms with van der Waals surface area (Å²) in [6, 6.07) is 16.1. The van der Waals surface area contributed by atoms with Crippen LogP contribution < -0.4 is 10.6 Å². The summed E-state index contributed by atoms with van der Waals surface area (Å²) in [4.78, 5) is 36.7. The number of aliphatic carboxylic acids is 1. The van der Waals surface area contributed by atoms with Gasteiger partial charge in [-0.25, -0.2) is 4.79 Å². The maximum Gasteiger partial charge on any atom is 0.407 e. The highest BCUT2D eigenvalue weighted by atomic mass is 16.5. The molecule has 3 N–H and O–H groups in total. The first-order valence-corrected chi connectivity index (χ1v) is 12.6. The summed E-state index contributed by atoms with van der Waals surface area (Å²) < 4.78 is 5.66. The molecule has 35 heavy (non-hydrogen) atoms. The van der Waals surface area contributed by atoms with E-state index >= 15 is 0 Å². The SMILES string of the molecule is O=C(O)CC(CNC(=O)C1CCCC1NC(=O)OCC1c2ccccc2-c2ccccc21)C1CC1. The van der Waals surface area contributed by atoms with Crippen molar-refractivity contribution in [3.63, 3.8) is 0 Å². The Hall–Kier alpha value is -3.35. The highest BCUT2D eigenvalue weighted by Crippen LogP contribution is 2.44. The molecule has 3 aliphatic rings. The van der Waals surface area contributed by atoms with E-state index in [0.717, 1.165) is 36.8 Å². The zero-order valence-corrected chi connectivity index (χ0v) is 19.7. The Bertz CT molecular complexity index is 1070. The lowest BCUT2D eigenvalue weighted by Crippen LogP contribution is -2.45. The topological polar surface area (TPSA) is 105 Å². The van der Waals surface area contributed by atoms with Crippen LogP contribution in [0, 0.1) is 17.8 Å². The summed E-state index contributed by atoms with van der Waals surface area (Å²) in [5, 5.41) is 15.0. The number of benzene rings is 2. The molecule has 0 saturated heterocycles. The summed E-state index contributed by atoms with van der Waals surface area (Å²) in [6.45, 7) is 0.617. The monoisotopic (exact) mass is 476 g/mol. The summed E-state index contributed by atoms with van der Waals surface area (Å²) in [5.74, 6) is -0.894. The number of ether oxygens (including phenoxy) is 1. The minimum Gasteiger partial charge on any atom is -0.481 e. The van der Waals surface area contributed by atoms with Gasteiger partial charge in [-0.05, 0) is 59.8 Å². The van der Waals surface area contributed by atoms with Crippen molar-refractivity contribution < 1.29 is 24.2 Å². The molecule has 3 atom stereocenters. The zero-order valence-electron chi connectivity index (χ0n) is 19.7. The number of carbonyl (C=O) groups excluding carboxylic acids is 2. The van der Waals surface area contributed by atoms with E-state index in [-0.39, 0.29) is 42.7 Å². The van der Waals surface area contributed by atoms with Crippen LogP contribution in [-0.4, -0.2) is 42.3 Å². The normalized spacial score (nSPS) is 21.6. The van der Waals surface area contributed by atoms with E-state index in [1.807, 2.05) is 24.3 Å². The van der Waals surface area contributed by atoms with Crippen LogP contribution >= 0.6 is 0 Å². The summed E-state index contributed by atoms with van der Waals surface area (Å²) in [7, 11) is 0. The summed E-state index contributed by atoms with van der Waals surface area (Å²) >= 11 is 0. The number of nitrogens with one attached hydrogen (secondary N) is 2. The maximum atomic E-state index is 12.9. The fourth-order valence-corrected chi connectivity index (χ4v) is 5.80. The van der Waals surface area contributed by atoms with Crippen molar-refractivity contribution in [1.29, 1.82) is 0 Å². The number of amides is 2. The lowest BCUT2D eigenvalue weighted by molar-refractivity contribution is -0.138. The Kier molecular flexibility index (Phi) is 6.75. The Labute approximate surface area is 205 Å². The standard InChI is InChI=1S/C28H32N2O5/c31-26(32)14-18(17-12-13-17)15-29-27(33)23-10-5-11-25(23)30-28(34)35-16-24-21-8-3-1-6-19(21)20-7-2-4-9-22(20)24/h1-4,6-9,17-18,23-25H,5,10-16H2,(H,29,33)(H,30,34)(H,31,32). The van der Waals surface area contributed by atoms with Crippen LogP contribution in [0.3, 0.4) is 0 Å². The van der Waals surface area contributed by atoms with Gasteiger partial charge in [0, 0.05) is 18.5 Å². The van der Waals surface area contributed by atoms with Crippen molar-refractivity contribution in [3.05, 3.63) is 59.7 Å². The molecule has 184 valence electrons. The molecule has 3 aliphatic carbocycles. The zero-order chi connectivity index (χ0) is 24.4. The number of hydrogen-bond acceptors (Lipinski definition) is 4. The number of carboxylic acid groups (broad SMARTS) is 1. The van der Waals surface area contributed by atoms with Crippen molar-refractivity contribution in [3.8, 4) is 11.1 Å². The largest absolute Gasteiger partial charge is 0.481 e. The van der Waals surface area contributed by atoms with E-state index < -0.39 is 12.1 Å². The van der Waals surface area contributed by atoms with E-state index in [4.69, 9.17) is 9.84 Å². The van der Waals surface area contributed by atoms with Crippen molar-refractivity contribution in [2.75, 3.05) is 13.2 Å². The molecule has 7 nitrogen and oxygen atoms in total. The van der Waals surface area contributed by atoms with Gasteiger partial charge in [0.15, 0.2) is 0 Å². The number of fused-ring (bicyclic) bond motifs is 3. The third kappa shape index (κ3) is 5.19. The summed E-state index contributed by atoms with van der Waals surface area (Å²) in [6.07, 6.45) is 3.92. The second-order valence-corrected chi connectivity index (χ2v) is 10.1. The molecule has 0 aliphatic heterocycles. The van der Waals surface area contributed by atoms with Crippen LogP contribution in [-0.2, 0) is 14.3 Å². The molecule has 7 heteroatoms. The predicted molar refractivity (Wildman–Crippen MR) is 131 cm³/mol. The van der Waals surface area contributed by atoms with Gasteiger partial charge in [-0.15, -0.1) is 0 Å². The van der Waals surface area contributed by atoms with Crippen molar-refractivity contribution >= 4 is 18.0 Å². The van der Waals surface area contributed by atoms with Gasteiger partial charge in [0.05, 0.1) is 12.3 Å². The Morgan fingerprint density at radius 3 is 2.23 bits per heavy atom. The minimum atomic E-state index is -0.827. The first-order valence-electron chi connectivity index (χ1n) is 12.6. The van der Waals surface area contributed by atoms with E-state index in [0.29, 0.717) is 18.9 Å². The van der Waals surface area contributed by atoms with Gasteiger partial charge in [0.2, 0.25) is 5.91 Å². The van der Waals surface area contributed by atoms with Gasteiger partial charge in [-0.1, -0.05) is 55.0 Å². The van der Waals surface area contributed by atoms with Crippen LogP contribution in [0.1, 0.15) is 55.6 Å². The molecule has 2 amide bonds. The molecular weight excluding hydrogens is 444 g/mol. The Morgan fingerprint density at radius 1 is 0.943 bits per heavy atom. The maximum absolute atomic E-state index is 12.9. The molecule has 5 rings (SSSR count). The lowest BCUT2D eigenvalue weighted by Gasteiger charge is -2.22. The smallest absolute Gasteiger partial charge is 0.407 e. The third-order valence-corrected chi connectivity index (χ3v) is 7.76. The summed E-state index contributed by atoms with van der Waals surface area (Å²) in [5.41, 5.74) is 4.67. The van der Waals surface area contributed by atoms with Crippen molar-refractivity contribution in [2.45, 2.75) is 50.5 Å². The van der Waals surface area contributed by atoms with Crippen LogP contribution in [0.2, 0.25) is 0 Å². The molecular formula is C28H32N2O5. The second-order valence-electron chi connectivity index (χ2n) is 10.1.